The predicted octanol–water partition coefficient (Wildman–Crippen LogP) is 3.72. The highest BCUT2D eigenvalue weighted by atomic mass is 16.1. The number of hydrogen-bond donors (Lipinski definition) is 3. The molecule has 0 unspecified atom stereocenters. The Labute approximate surface area is 168 Å². The van der Waals surface area contributed by atoms with Crippen molar-refractivity contribution in [1.82, 2.24) is 20.3 Å². The first-order valence-corrected chi connectivity index (χ1v) is 9.70. The number of benzene rings is 1. The van der Waals surface area contributed by atoms with Crippen LogP contribution in [-0.4, -0.2) is 28.0 Å². The number of aryl methyl sites for hydroxylation is 1. The van der Waals surface area contributed by atoms with Crippen LogP contribution in [0.3, 0.4) is 0 Å². The first kappa shape index (κ1) is 17.6. The Morgan fingerprint density at radius 3 is 2.59 bits per heavy atom. The fourth-order valence-corrected chi connectivity index (χ4v) is 3.57. The van der Waals surface area contributed by atoms with Crippen molar-refractivity contribution in [2.45, 2.75) is 12.8 Å². The minimum Gasteiger partial charge on any atom is -0.340 e. The van der Waals surface area contributed by atoms with Crippen molar-refractivity contribution in [1.29, 1.82) is 0 Å². The lowest BCUT2D eigenvalue weighted by Gasteiger charge is -2.27. The smallest absolute Gasteiger partial charge is 0.259 e. The zero-order valence-corrected chi connectivity index (χ0v) is 16.1. The molecule has 3 N–H and O–H groups in total. The van der Waals surface area contributed by atoms with Crippen molar-refractivity contribution in [2.24, 2.45) is 0 Å². The molecule has 1 fully saturated rings. The molecule has 4 heterocycles. The Kier molecular flexibility index (Phi) is 4.33. The van der Waals surface area contributed by atoms with Crippen molar-refractivity contribution in [3.8, 4) is 11.3 Å². The SMILES string of the molecule is Cc1ccc(-c2cc3cc[nH]c(=O)c3c(Nc3ccc(C4CNC4)cc3)n2)cn1. The van der Waals surface area contributed by atoms with Crippen molar-refractivity contribution < 1.29 is 0 Å². The molecule has 6 nitrogen and oxygen atoms in total. The van der Waals surface area contributed by atoms with Crippen molar-refractivity contribution in [2.75, 3.05) is 18.4 Å². The second-order valence-electron chi connectivity index (χ2n) is 7.42. The monoisotopic (exact) mass is 383 g/mol. The fourth-order valence-electron chi connectivity index (χ4n) is 3.57. The van der Waals surface area contributed by atoms with E-state index in [1.54, 1.807) is 6.20 Å². The normalized spacial score (nSPS) is 14.0. The van der Waals surface area contributed by atoms with Crippen LogP contribution in [-0.2, 0) is 0 Å². The maximum absolute atomic E-state index is 12.5. The Bertz CT molecular complexity index is 1230. The highest BCUT2D eigenvalue weighted by Crippen LogP contribution is 2.28. The molecule has 29 heavy (non-hydrogen) atoms. The minimum absolute atomic E-state index is 0.164. The molecular formula is C23H21N5O. The molecule has 4 aromatic rings. The van der Waals surface area contributed by atoms with Gasteiger partial charge in [-0.2, -0.15) is 0 Å². The number of rotatable bonds is 4. The first-order valence-electron chi connectivity index (χ1n) is 9.70. The average molecular weight is 383 g/mol. The van der Waals surface area contributed by atoms with Gasteiger partial charge in [-0.1, -0.05) is 12.1 Å². The van der Waals surface area contributed by atoms with Gasteiger partial charge in [0.1, 0.15) is 5.82 Å². The molecule has 1 saturated heterocycles. The van der Waals surface area contributed by atoms with E-state index in [1.807, 2.05) is 49.5 Å². The third-order valence-corrected chi connectivity index (χ3v) is 5.39. The minimum atomic E-state index is -0.164. The van der Waals surface area contributed by atoms with Crippen LogP contribution in [0.25, 0.3) is 22.0 Å². The zero-order valence-electron chi connectivity index (χ0n) is 16.1. The quantitative estimate of drug-likeness (QED) is 0.500. The van der Waals surface area contributed by atoms with Crippen LogP contribution in [0.2, 0.25) is 0 Å². The molecule has 1 aliphatic heterocycles. The summed E-state index contributed by atoms with van der Waals surface area (Å²) in [4.78, 5) is 24.4. The largest absolute Gasteiger partial charge is 0.340 e. The van der Waals surface area contributed by atoms with Crippen LogP contribution in [0.5, 0.6) is 0 Å². The van der Waals surface area contributed by atoms with E-state index in [0.717, 1.165) is 41.1 Å². The molecule has 0 spiro atoms. The molecule has 1 aromatic carbocycles. The lowest BCUT2D eigenvalue weighted by atomic mass is 9.94. The molecular weight excluding hydrogens is 362 g/mol. The van der Waals surface area contributed by atoms with E-state index in [9.17, 15) is 4.79 Å². The predicted molar refractivity (Wildman–Crippen MR) is 116 cm³/mol. The average Bonchev–Trinajstić information content (AvgIpc) is 2.68. The van der Waals surface area contributed by atoms with Gasteiger partial charge >= 0.3 is 0 Å². The molecule has 0 atom stereocenters. The van der Waals surface area contributed by atoms with Gasteiger partial charge in [-0.25, -0.2) is 4.98 Å². The van der Waals surface area contributed by atoms with E-state index in [2.05, 4.69) is 32.7 Å². The number of H-pyrrole nitrogens is 1. The Balaban J connectivity index is 1.57. The Morgan fingerprint density at radius 1 is 1.07 bits per heavy atom. The number of aromatic amines is 1. The maximum atomic E-state index is 12.5. The van der Waals surface area contributed by atoms with Gasteiger partial charge in [0.2, 0.25) is 0 Å². The fraction of sp³-hybridized carbons (Fsp3) is 0.174. The number of pyridine rings is 3. The lowest BCUT2D eigenvalue weighted by Crippen LogP contribution is -2.39. The summed E-state index contributed by atoms with van der Waals surface area (Å²) in [5.74, 6) is 1.13. The van der Waals surface area contributed by atoms with Crippen LogP contribution in [0.1, 0.15) is 17.2 Å². The summed E-state index contributed by atoms with van der Waals surface area (Å²) in [5, 5.41) is 8.02. The van der Waals surface area contributed by atoms with E-state index in [-0.39, 0.29) is 5.56 Å². The maximum Gasteiger partial charge on any atom is 0.259 e. The number of anilines is 2. The summed E-state index contributed by atoms with van der Waals surface area (Å²) >= 11 is 0. The van der Waals surface area contributed by atoms with Crippen molar-refractivity contribution in [3.05, 3.63) is 82.5 Å². The summed E-state index contributed by atoms with van der Waals surface area (Å²) in [6.07, 6.45) is 3.47. The van der Waals surface area contributed by atoms with Crippen molar-refractivity contribution >= 4 is 22.3 Å². The topological polar surface area (TPSA) is 82.7 Å². The summed E-state index contributed by atoms with van der Waals surface area (Å²) in [6, 6.07) is 16.1. The van der Waals surface area contributed by atoms with Crippen LogP contribution >= 0.6 is 0 Å². The second kappa shape index (κ2) is 7.14. The number of nitrogens with zero attached hydrogens (tertiary/aromatic N) is 2. The van der Waals surface area contributed by atoms with E-state index >= 15 is 0 Å². The van der Waals surface area contributed by atoms with Crippen LogP contribution in [0.4, 0.5) is 11.5 Å². The highest BCUT2D eigenvalue weighted by molar-refractivity contribution is 5.95. The van der Waals surface area contributed by atoms with Gasteiger partial charge in [0.25, 0.3) is 5.56 Å². The zero-order chi connectivity index (χ0) is 19.8. The number of aromatic nitrogens is 3. The Morgan fingerprint density at radius 2 is 1.90 bits per heavy atom. The molecule has 3 aromatic heterocycles. The standard InChI is InChI=1S/C23H21N5O/c1-14-2-3-17(13-26-14)20-10-16-8-9-25-23(29)21(16)22(28-20)27-19-6-4-15(5-7-19)18-11-24-12-18/h2-10,13,18,24H,11-12H2,1H3,(H,25,29)(H,27,28). The molecule has 0 saturated carbocycles. The lowest BCUT2D eigenvalue weighted by molar-refractivity contribution is 0.448. The molecule has 0 amide bonds. The Hall–Kier alpha value is -3.51. The molecule has 0 aliphatic carbocycles. The van der Waals surface area contributed by atoms with E-state index in [4.69, 9.17) is 4.98 Å². The molecule has 0 radical (unpaired) electrons. The first-order chi connectivity index (χ1) is 14.2. The summed E-state index contributed by atoms with van der Waals surface area (Å²) < 4.78 is 0. The van der Waals surface area contributed by atoms with Crippen LogP contribution in [0.15, 0.2) is 65.7 Å². The summed E-state index contributed by atoms with van der Waals surface area (Å²) in [6.45, 7) is 4.01. The van der Waals surface area contributed by atoms with Gasteiger partial charge in [0.15, 0.2) is 0 Å². The molecule has 144 valence electrons. The summed E-state index contributed by atoms with van der Waals surface area (Å²) in [7, 11) is 0. The second-order valence-corrected chi connectivity index (χ2v) is 7.42. The number of nitrogens with one attached hydrogen (secondary N) is 3. The third-order valence-electron chi connectivity index (χ3n) is 5.39. The third kappa shape index (κ3) is 3.39. The van der Waals surface area contributed by atoms with Crippen LogP contribution < -0.4 is 16.2 Å². The summed E-state index contributed by atoms with van der Waals surface area (Å²) in [5.41, 5.74) is 4.69. The van der Waals surface area contributed by atoms with Crippen molar-refractivity contribution in [3.63, 3.8) is 0 Å². The van der Waals surface area contributed by atoms with Gasteiger partial charge in [-0.3, -0.25) is 9.78 Å². The molecule has 6 heteroatoms. The van der Waals surface area contributed by atoms with E-state index in [1.165, 1.54) is 5.56 Å². The number of hydrogen-bond acceptors (Lipinski definition) is 5. The van der Waals surface area contributed by atoms with Gasteiger partial charge in [0, 0.05) is 48.3 Å². The molecule has 0 bridgehead atoms. The molecule has 5 rings (SSSR count). The van der Waals surface area contributed by atoms with Gasteiger partial charge < -0.3 is 15.6 Å². The van der Waals surface area contributed by atoms with E-state index < -0.39 is 0 Å². The molecule has 1 aliphatic rings. The highest BCUT2D eigenvalue weighted by Gasteiger charge is 2.18. The van der Waals surface area contributed by atoms with Gasteiger partial charge in [0.05, 0.1) is 11.1 Å². The van der Waals surface area contributed by atoms with Gasteiger partial charge in [-0.05, 0) is 54.3 Å². The van der Waals surface area contributed by atoms with Gasteiger partial charge in [-0.15, -0.1) is 0 Å². The van der Waals surface area contributed by atoms with Crippen LogP contribution in [0, 0.1) is 6.92 Å². The van der Waals surface area contributed by atoms with E-state index in [0.29, 0.717) is 17.1 Å². The number of fused-ring (bicyclic) bond motifs is 1.